The van der Waals surface area contributed by atoms with Crippen molar-refractivity contribution >= 4 is 12.4 Å². The molecule has 0 saturated carbocycles. The first-order chi connectivity index (χ1) is 12.5. The predicted molar refractivity (Wildman–Crippen MR) is 102 cm³/mol. The molecule has 27 heavy (non-hydrogen) atoms. The number of para-hydroxylation sites is 1. The predicted octanol–water partition coefficient (Wildman–Crippen LogP) is 4.59. The lowest BCUT2D eigenvalue weighted by molar-refractivity contribution is -0.148. The van der Waals surface area contributed by atoms with E-state index in [2.05, 4.69) is 5.32 Å². The number of hydrogen-bond acceptors (Lipinski definition) is 3. The van der Waals surface area contributed by atoms with Gasteiger partial charge in [-0.3, -0.25) is 4.90 Å². The summed E-state index contributed by atoms with van der Waals surface area (Å²) in [6.45, 7) is 2.91. The molecule has 0 bridgehead atoms. The highest BCUT2D eigenvalue weighted by Crippen LogP contribution is 2.38. The Kier molecular flexibility index (Phi) is 7.95. The molecule has 1 aliphatic heterocycles. The Morgan fingerprint density at radius 1 is 0.963 bits per heavy atom. The Morgan fingerprint density at radius 2 is 1.59 bits per heavy atom. The van der Waals surface area contributed by atoms with E-state index in [1.54, 1.807) is 24.3 Å². The average Bonchev–Trinajstić information content (AvgIpc) is 2.66. The summed E-state index contributed by atoms with van der Waals surface area (Å²) < 4.78 is 45.6. The summed E-state index contributed by atoms with van der Waals surface area (Å²) in [4.78, 5) is 1.90. The van der Waals surface area contributed by atoms with E-state index in [4.69, 9.17) is 4.74 Å². The maximum absolute atomic E-state index is 13.2. The zero-order valence-electron chi connectivity index (χ0n) is 14.9. The number of nitrogens with zero attached hydrogens (tertiary/aromatic N) is 1. The van der Waals surface area contributed by atoms with Crippen molar-refractivity contribution in [2.75, 3.05) is 26.2 Å². The van der Waals surface area contributed by atoms with Gasteiger partial charge in [0, 0.05) is 37.8 Å². The van der Waals surface area contributed by atoms with Crippen molar-refractivity contribution in [3.05, 3.63) is 65.7 Å². The molecule has 1 N–H and O–H groups in total. The van der Waals surface area contributed by atoms with E-state index in [-0.39, 0.29) is 12.4 Å². The van der Waals surface area contributed by atoms with Gasteiger partial charge in [-0.1, -0.05) is 48.5 Å². The number of hydrogen-bond donors (Lipinski definition) is 1. The second-order valence-corrected chi connectivity index (χ2v) is 6.43. The number of ether oxygens (including phenoxy) is 1. The number of benzene rings is 2. The molecule has 0 aromatic heterocycles. The van der Waals surface area contributed by atoms with Gasteiger partial charge in [-0.05, 0) is 11.6 Å². The van der Waals surface area contributed by atoms with Crippen molar-refractivity contribution in [2.45, 2.75) is 25.2 Å². The zero-order chi connectivity index (χ0) is 18.4. The molecule has 0 unspecified atom stereocenters. The first-order valence-corrected chi connectivity index (χ1v) is 8.80. The molecule has 3 nitrogen and oxygen atoms in total. The fraction of sp³-hybridized carbons (Fsp3) is 0.400. The molecular weight excluding hydrogens is 377 g/mol. The van der Waals surface area contributed by atoms with Crippen LogP contribution < -0.4 is 10.1 Å². The lowest BCUT2D eigenvalue weighted by atomic mass is 9.99. The minimum Gasteiger partial charge on any atom is -0.489 e. The van der Waals surface area contributed by atoms with E-state index in [1.807, 2.05) is 35.2 Å². The average molecular weight is 401 g/mol. The van der Waals surface area contributed by atoms with Crippen molar-refractivity contribution in [1.82, 2.24) is 10.2 Å². The summed E-state index contributed by atoms with van der Waals surface area (Å²) in [6.07, 6.45) is -5.11. The summed E-state index contributed by atoms with van der Waals surface area (Å²) in [5.74, 6) is 0.518. The standard InChI is InChI=1S/C20H23F3N2O.ClH/c21-20(22,23)14-18(25-12-10-24-11-13-25)17-8-4-5-9-19(17)26-15-16-6-2-1-3-7-16;/h1-9,18,24H,10-15H2;1H/t18-;/m1./s1. The summed E-state index contributed by atoms with van der Waals surface area (Å²) >= 11 is 0. The quantitative estimate of drug-likeness (QED) is 0.767. The van der Waals surface area contributed by atoms with E-state index in [0.29, 0.717) is 44.1 Å². The molecule has 3 rings (SSSR count). The Morgan fingerprint density at radius 3 is 2.26 bits per heavy atom. The van der Waals surface area contributed by atoms with Crippen LogP contribution in [0.25, 0.3) is 0 Å². The van der Waals surface area contributed by atoms with Crippen LogP contribution in [0.3, 0.4) is 0 Å². The summed E-state index contributed by atoms with van der Waals surface area (Å²) in [6, 6.07) is 16.0. The number of nitrogens with one attached hydrogen (secondary N) is 1. The molecule has 1 aliphatic rings. The molecule has 148 valence electrons. The molecule has 1 saturated heterocycles. The fourth-order valence-electron chi connectivity index (χ4n) is 3.27. The highest BCUT2D eigenvalue weighted by Gasteiger charge is 2.37. The fourth-order valence-corrected chi connectivity index (χ4v) is 3.27. The highest BCUT2D eigenvalue weighted by atomic mass is 35.5. The molecule has 0 radical (unpaired) electrons. The first-order valence-electron chi connectivity index (χ1n) is 8.80. The van der Waals surface area contributed by atoms with Gasteiger partial charge in [-0.15, -0.1) is 12.4 Å². The molecule has 2 aromatic carbocycles. The normalized spacial score (nSPS) is 16.4. The third kappa shape index (κ3) is 6.41. The Bertz CT molecular complexity index is 691. The maximum atomic E-state index is 13.2. The third-order valence-corrected chi connectivity index (χ3v) is 4.53. The molecular formula is C20H24ClF3N2O. The number of halogens is 4. The van der Waals surface area contributed by atoms with Gasteiger partial charge in [0.1, 0.15) is 12.4 Å². The second kappa shape index (κ2) is 9.97. The van der Waals surface area contributed by atoms with Gasteiger partial charge in [-0.2, -0.15) is 13.2 Å². The van der Waals surface area contributed by atoms with Crippen LogP contribution in [0.5, 0.6) is 5.75 Å². The van der Waals surface area contributed by atoms with Crippen molar-refractivity contribution in [3.8, 4) is 5.75 Å². The third-order valence-electron chi connectivity index (χ3n) is 4.53. The van der Waals surface area contributed by atoms with Crippen molar-refractivity contribution in [2.24, 2.45) is 0 Å². The van der Waals surface area contributed by atoms with E-state index >= 15 is 0 Å². The first kappa shape index (κ1) is 21.5. The van der Waals surface area contributed by atoms with Gasteiger partial charge in [0.2, 0.25) is 0 Å². The van der Waals surface area contributed by atoms with E-state index in [0.717, 1.165) is 5.56 Å². The van der Waals surface area contributed by atoms with Gasteiger partial charge in [0.25, 0.3) is 0 Å². The van der Waals surface area contributed by atoms with Crippen molar-refractivity contribution in [3.63, 3.8) is 0 Å². The number of alkyl halides is 3. The van der Waals surface area contributed by atoms with Crippen LogP contribution in [0.1, 0.15) is 23.6 Å². The van der Waals surface area contributed by atoms with Gasteiger partial charge < -0.3 is 10.1 Å². The van der Waals surface area contributed by atoms with Gasteiger partial charge in [0.15, 0.2) is 0 Å². The summed E-state index contributed by atoms with van der Waals surface area (Å²) in [5.41, 5.74) is 1.58. The van der Waals surface area contributed by atoms with Crippen LogP contribution in [0.4, 0.5) is 13.2 Å². The molecule has 2 aromatic rings. The molecule has 7 heteroatoms. The van der Waals surface area contributed by atoms with Gasteiger partial charge in [0.05, 0.1) is 6.42 Å². The molecule has 0 aliphatic carbocycles. The molecule has 0 amide bonds. The van der Waals surface area contributed by atoms with Crippen LogP contribution >= 0.6 is 12.4 Å². The summed E-state index contributed by atoms with van der Waals surface area (Å²) in [5, 5.41) is 3.19. The lowest BCUT2D eigenvalue weighted by Crippen LogP contribution is -2.46. The van der Waals surface area contributed by atoms with Gasteiger partial charge in [-0.25, -0.2) is 0 Å². The molecule has 1 atom stereocenters. The Labute approximate surface area is 163 Å². The minimum atomic E-state index is -4.23. The highest BCUT2D eigenvalue weighted by molar-refractivity contribution is 5.85. The maximum Gasteiger partial charge on any atom is 0.390 e. The van der Waals surface area contributed by atoms with Crippen LogP contribution in [0.15, 0.2) is 54.6 Å². The number of piperazine rings is 1. The van der Waals surface area contributed by atoms with Crippen LogP contribution in [-0.4, -0.2) is 37.3 Å². The largest absolute Gasteiger partial charge is 0.489 e. The monoisotopic (exact) mass is 400 g/mol. The van der Waals surface area contributed by atoms with Crippen LogP contribution in [0.2, 0.25) is 0 Å². The van der Waals surface area contributed by atoms with Crippen molar-refractivity contribution in [1.29, 1.82) is 0 Å². The lowest BCUT2D eigenvalue weighted by Gasteiger charge is -2.36. The smallest absolute Gasteiger partial charge is 0.390 e. The van der Waals surface area contributed by atoms with Crippen molar-refractivity contribution < 1.29 is 17.9 Å². The van der Waals surface area contributed by atoms with Crippen LogP contribution in [-0.2, 0) is 6.61 Å². The molecule has 1 heterocycles. The second-order valence-electron chi connectivity index (χ2n) is 6.43. The number of rotatable bonds is 6. The Hall–Kier alpha value is -1.76. The SMILES string of the molecule is Cl.FC(F)(F)C[C@H](c1ccccc1OCc1ccccc1)N1CCNCC1. The zero-order valence-corrected chi connectivity index (χ0v) is 15.7. The molecule has 1 fully saturated rings. The molecule has 0 spiro atoms. The van der Waals surface area contributed by atoms with Crippen LogP contribution in [0, 0.1) is 0 Å². The van der Waals surface area contributed by atoms with E-state index < -0.39 is 18.6 Å². The van der Waals surface area contributed by atoms with E-state index in [1.165, 1.54) is 0 Å². The Balaban J connectivity index is 0.00000261. The van der Waals surface area contributed by atoms with E-state index in [9.17, 15) is 13.2 Å². The van der Waals surface area contributed by atoms with Gasteiger partial charge >= 0.3 is 6.18 Å². The summed E-state index contributed by atoms with van der Waals surface area (Å²) in [7, 11) is 0. The minimum absolute atomic E-state index is 0. The topological polar surface area (TPSA) is 24.5 Å².